The van der Waals surface area contributed by atoms with E-state index >= 15 is 0 Å². The van der Waals surface area contributed by atoms with Gasteiger partial charge in [0.05, 0.1) is 6.54 Å². The minimum Gasteiger partial charge on any atom is -0.369 e. The second-order valence-corrected chi connectivity index (χ2v) is 5.61. The standard InChI is InChI=1S/C14H24N4O/c1-5-6-14(3,4)9-16-13-7-12(17-10-18-13)15-8-11(2)19/h7,10H,5-6,8-9H2,1-4H3,(H2,15,16,17,18). The molecule has 0 unspecified atom stereocenters. The first kappa shape index (κ1) is 15.4. The van der Waals surface area contributed by atoms with Gasteiger partial charge < -0.3 is 10.6 Å². The van der Waals surface area contributed by atoms with E-state index in [9.17, 15) is 4.79 Å². The van der Waals surface area contributed by atoms with Gasteiger partial charge in [0.15, 0.2) is 0 Å². The first-order valence-electron chi connectivity index (χ1n) is 6.72. The third-order valence-electron chi connectivity index (χ3n) is 2.86. The van der Waals surface area contributed by atoms with E-state index in [2.05, 4.69) is 41.4 Å². The SMILES string of the molecule is CCCC(C)(C)CNc1cc(NCC(C)=O)ncn1. The zero-order chi connectivity index (χ0) is 14.3. The summed E-state index contributed by atoms with van der Waals surface area (Å²) in [5, 5.41) is 6.29. The molecule has 1 heterocycles. The van der Waals surface area contributed by atoms with Crippen LogP contribution in [0.2, 0.25) is 0 Å². The molecule has 0 spiro atoms. The van der Waals surface area contributed by atoms with Gasteiger partial charge in [0.1, 0.15) is 23.7 Å². The average Bonchev–Trinajstić information content (AvgIpc) is 2.35. The molecule has 0 fully saturated rings. The molecule has 5 heteroatoms. The molecule has 0 radical (unpaired) electrons. The Bertz CT molecular complexity index is 418. The topological polar surface area (TPSA) is 66.9 Å². The lowest BCUT2D eigenvalue weighted by atomic mass is 9.88. The van der Waals surface area contributed by atoms with Crippen molar-refractivity contribution in [2.75, 3.05) is 23.7 Å². The molecule has 1 rings (SSSR count). The van der Waals surface area contributed by atoms with Gasteiger partial charge in [0.2, 0.25) is 0 Å². The molecule has 1 aromatic rings. The van der Waals surface area contributed by atoms with Crippen LogP contribution in [-0.4, -0.2) is 28.8 Å². The van der Waals surface area contributed by atoms with Crippen LogP contribution in [0, 0.1) is 5.41 Å². The van der Waals surface area contributed by atoms with Gasteiger partial charge in [0, 0.05) is 12.6 Å². The summed E-state index contributed by atoms with van der Waals surface area (Å²) in [4.78, 5) is 19.2. The highest BCUT2D eigenvalue weighted by molar-refractivity contribution is 5.80. The monoisotopic (exact) mass is 264 g/mol. The Morgan fingerprint density at radius 1 is 1.26 bits per heavy atom. The molecular weight excluding hydrogens is 240 g/mol. The van der Waals surface area contributed by atoms with Gasteiger partial charge in [-0.05, 0) is 18.8 Å². The van der Waals surface area contributed by atoms with E-state index in [4.69, 9.17) is 0 Å². The van der Waals surface area contributed by atoms with Gasteiger partial charge in [-0.25, -0.2) is 9.97 Å². The lowest BCUT2D eigenvalue weighted by Crippen LogP contribution is -2.23. The summed E-state index contributed by atoms with van der Waals surface area (Å²) < 4.78 is 0. The van der Waals surface area contributed by atoms with Crippen LogP contribution in [0.25, 0.3) is 0 Å². The zero-order valence-electron chi connectivity index (χ0n) is 12.3. The van der Waals surface area contributed by atoms with E-state index in [1.54, 1.807) is 6.92 Å². The molecule has 0 amide bonds. The van der Waals surface area contributed by atoms with Crippen molar-refractivity contribution in [3.63, 3.8) is 0 Å². The normalized spacial score (nSPS) is 11.2. The molecule has 2 N–H and O–H groups in total. The maximum atomic E-state index is 10.9. The second-order valence-electron chi connectivity index (χ2n) is 5.61. The van der Waals surface area contributed by atoms with Gasteiger partial charge in [0.25, 0.3) is 0 Å². The van der Waals surface area contributed by atoms with E-state index in [1.807, 2.05) is 6.07 Å². The van der Waals surface area contributed by atoms with Gasteiger partial charge in [-0.2, -0.15) is 0 Å². The van der Waals surface area contributed by atoms with Crippen molar-refractivity contribution < 1.29 is 4.79 Å². The van der Waals surface area contributed by atoms with Gasteiger partial charge in [-0.3, -0.25) is 4.79 Å². The number of nitrogens with zero attached hydrogens (tertiary/aromatic N) is 2. The summed E-state index contributed by atoms with van der Waals surface area (Å²) >= 11 is 0. The number of ketones is 1. The molecule has 0 saturated carbocycles. The van der Waals surface area contributed by atoms with Gasteiger partial charge in [-0.1, -0.05) is 27.2 Å². The van der Waals surface area contributed by atoms with E-state index < -0.39 is 0 Å². The van der Waals surface area contributed by atoms with Crippen molar-refractivity contribution in [3.05, 3.63) is 12.4 Å². The van der Waals surface area contributed by atoms with E-state index in [1.165, 1.54) is 19.2 Å². The van der Waals surface area contributed by atoms with Crippen LogP contribution in [0.5, 0.6) is 0 Å². The molecule has 5 nitrogen and oxygen atoms in total. The van der Waals surface area contributed by atoms with Crippen molar-refractivity contribution in [3.8, 4) is 0 Å². The molecule has 0 bridgehead atoms. The Morgan fingerprint density at radius 2 is 1.89 bits per heavy atom. The molecule has 0 saturated heterocycles. The summed E-state index contributed by atoms with van der Waals surface area (Å²) in [6.45, 7) is 9.36. The lowest BCUT2D eigenvalue weighted by molar-refractivity contribution is -0.115. The third kappa shape index (κ3) is 6.18. The molecular formula is C14H24N4O. The molecule has 0 aliphatic rings. The highest BCUT2D eigenvalue weighted by atomic mass is 16.1. The Balaban J connectivity index is 2.54. The highest BCUT2D eigenvalue weighted by Crippen LogP contribution is 2.22. The van der Waals surface area contributed by atoms with Crippen molar-refractivity contribution in [2.45, 2.75) is 40.5 Å². The molecule has 0 aromatic carbocycles. The minimum absolute atomic E-state index is 0.0807. The fourth-order valence-corrected chi connectivity index (χ4v) is 1.86. The van der Waals surface area contributed by atoms with Gasteiger partial charge in [-0.15, -0.1) is 0 Å². The number of hydrogen-bond acceptors (Lipinski definition) is 5. The highest BCUT2D eigenvalue weighted by Gasteiger charge is 2.16. The van der Waals surface area contributed by atoms with Crippen LogP contribution in [0.1, 0.15) is 40.5 Å². The Morgan fingerprint density at radius 3 is 2.47 bits per heavy atom. The van der Waals surface area contributed by atoms with Crippen molar-refractivity contribution >= 4 is 17.4 Å². The number of Topliss-reactive ketones (excluding diaryl/α,β-unsaturated/α-hetero) is 1. The zero-order valence-corrected chi connectivity index (χ0v) is 12.3. The number of carbonyl (C=O) groups is 1. The smallest absolute Gasteiger partial charge is 0.148 e. The Hall–Kier alpha value is -1.65. The number of rotatable bonds is 8. The first-order chi connectivity index (χ1) is 8.93. The maximum absolute atomic E-state index is 10.9. The molecule has 106 valence electrons. The molecule has 1 aromatic heterocycles. The third-order valence-corrected chi connectivity index (χ3v) is 2.86. The summed E-state index contributed by atoms with van der Waals surface area (Å²) in [5.41, 5.74) is 0.243. The largest absolute Gasteiger partial charge is 0.369 e. The summed E-state index contributed by atoms with van der Waals surface area (Å²) in [5.74, 6) is 1.53. The van der Waals surface area contributed by atoms with Crippen LogP contribution in [-0.2, 0) is 4.79 Å². The first-order valence-corrected chi connectivity index (χ1v) is 6.72. The van der Waals surface area contributed by atoms with Crippen molar-refractivity contribution in [1.29, 1.82) is 0 Å². The average molecular weight is 264 g/mol. The van der Waals surface area contributed by atoms with Crippen LogP contribution in [0.15, 0.2) is 12.4 Å². The maximum Gasteiger partial charge on any atom is 0.148 e. The fraction of sp³-hybridized carbons (Fsp3) is 0.643. The predicted molar refractivity (Wildman–Crippen MR) is 78.4 cm³/mol. The lowest BCUT2D eigenvalue weighted by Gasteiger charge is -2.24. The van der Waals surface area contributed by atoms with Crippen molar-refractivity contribution in [1.82, 2.24) is 9.97 Å². The molecule has 0 aliphatic heterocycles. The van der Waals surface area contributed by atoms with Crippen molar-refractivity contribution in [2.24, 2.45) is 5.41 Å². The summed E-state index contributed by atoms with van der Waals surface area (Å²) in [6, 6.07) is 1.82. The fourth-order valence-electron chi connectivity index (χ4n) is 1.86. The Kier molecular flexibility index (Phi) is 5.73. The quantitative estimate of drug-likeness (QED) is 0.755. The van der Waals surface area contributed by atoms with Crippen LogP contribution in [0.4, 0.5) is 11.6 Å². The minimum atomic E-state index is 0.0807. The van der Waals surface area contributed by atoms with E-state index in [0.717, 1.165) is 12.4 Å². The molecule has 0 atom stereocenters. The summed E-state index contributed by atoms with van der Waals surface area (Å²) in [6.07, 6.45) is 3.84. The molecule has 19 heavy (non-hydrogen) atoms. The predicted octanol–water partition coefficient (Wildman–Crippen LogP) is 2.72. The van der Waals surface area contributed by atoms with Crippen LogP contribution >= 0.6 is 0 Å². The second kappa shape index (κ2) is 7.07. The van der Waals surface area contributed by atoms with E-state index in [0.29, 0.717) is 5.82 Å². The number of anilines is 2. The van der Waals surface area contributed by atoms with Gasteiger partial charge >= 0.3 is 0 Å². The van der Waals surface area contributed by atoms with Crippen LogP contribution in [0.3, 0.4) is 0 Å². The summed E-state index contributed by atoms with van der Waals surface area (Å²) in [7, 11) is 0. The molecule has 0 aliphatic carbocycles. The Labute approximate surface area is 115 Å². The number of carbonyl (C=O) groups excluding carboxylic acids is 1. The number of aromatic nitrogens is 2. The number of nitrogens with one attached hydrogen (secondary N) is 2. The van der Waals surface area contributed by atoms with Crippen LogP contribution < -0.4 is 10.6 Å². The van der Waals surface area contributed by atoms with E-state index in [-0.39, 0.29) is 17.7 Å². The number of hydrogen-bond donors (Lipinski definition) is 2.